The number of piperidine rings is 1. The Hall–Kier alpha value is -1.31. The number of likely N-dealkylation sites (tertiary alicyclic amines) is 1. The summed E-state index contributed by atoms with van der Waals surface area (Å²) in [7, 11) is 1.72. The van der Waals surface area contributed by atoms with Crippen molar-refractivity contribution in [2.45, 2.75) is 23.8 Å². The molecule has 1 aromatic rings. The van der Waals surface area contributed by atoms with Gasteiger partial charge in [0.2, 0.25) is 10.0 Å². The van der Waals surface area contributed by atoms with E-state index >= 15 is 0 Å². The van der Waals surface area contributed by atoms with E-state index in [-0.39, 0.29) is 4.90 Å². The van der Waals surface area contributed by atoms with Gasteiger partial charge in [-0.05, 0) is 51.2 Å². The van der Waals surface area contributed by atoms with Crippen molar-refractivity contribution >= 4 is 21.4 Å². The Balaban J connectivity index is 2.20. The van der Waals surface area contributed by atoms with Crippen molar-refractivity contribution in [2.24, 2.45) is 0 Å². The maximum atomic E-state index is 12.2. The summed E-state index contributed by atoms with van der Waals surface area (Å²) in [4.78, 5) is 2.55. The molecule has 1 saturated heterocycles. The zero-order valence-electron chi connectivity index (χ0n) is 12.8. The lowest BCUT2D eigenvalue weighted by Gasteiger charge is -2.30. The molecule has 118 valence electrons. The standard InChI is InChI=1S/C14H24N4O2S/c1-17(2)21(19,20)12-4-5-13(15)14(10-12)16-11-6-8-18(3)9-7-11/h4-5,10-11,16H,6-9,15H2,1-3H3. The molecule has 1 aliphatic heterocycles. The van der Waals surface area contributed by atoms with Crippen molar-refractivity contribution in [1.29, 1.82) is 0 Å². The first-order valence-electron chi connectivity index (χ1n) is 7.08. The lowest BCUT2D eigenvalue weighted by Crippen LogP contribution is -2.36. The Morgan fingerprint density at radius 1 is 1.29 bits per heavy atom. The summed E-state index contributed by atoms with van der Waals surface area (Å²) < 4.78 is 25.6. The topological polar surface area (TPSA) is 78.7 Å². The Kier molecular flexibility index (Phi) is 4.75. The summed E-state index contributed by atoms with van der Waals surface area (Å²) in [5.41, 5.74) is 7.25. The van der Waals surface area contributed by atoms with Crippen LogP contribution in [0.25, 0.3) is 0 Å². The minimum atomic E-state index is -3.44. The molecule has 3 N–H and O–H groups in total. The van der Waals surface area contributed by atoms with Crippen LogP contribution >= 0.6 is 0 Å². The van der Waals surface area contributed by atoms with Gasteiger partial charge in [-0.1, -0.05) is 0 Å². The van der Waals surface area contributed by atoms with E-state index < -0.39 is 10.0 Å². The average molecular weight is 312 g/mol. The van der Waals surface area contributed by atoms with Gasteiger partial charge >= 0.3 is 0 Å². The molecule has 0 bridgehead atoms. The lowest BCUT2D eigenvalue weighted by atomic mass is 10.1. The molecule has 0 atom stereocenters. The number of nitrogens with zero attached hydrogens (tertiary/aromatic N) is 2. The van der Waals surface area contributed by atoms with Gasteiger partial charge in [0, 0.05) is 20.1 Å². The third-order valence-electron chi connectivity index (χ3n) is 3.88. The molecule has 0 spiro atoms. The number of anilines is 2. The first kappa shape index (κ1) is 16.1. The fraction of sp³-hybridized carbons (Fsp3) is 0.571. The molecule has 0 aromatic heterocycles. The molecule has 21 heavy (non-hydrogen) atoms. The van der Waals surface area contributed by atoms with Crippen LogP contribution in [-0.4, -0.2) is 57.9 Å². The number of nitrogens with one attached hydrogen (secondary N) is 1. The zero-order valence-corrected chi connectivity index (χ0v) is 13.7. The smallest absolute Gasteiger partial charge is 0.242 e. The number of hydrogen-bond acceptors (Lipinski definition) is 5. The van der Waals surface area contributed by atoms with E-state index in [1.54, 1.807) is 18.2 Å². The first-order valence-corrected chi connectivity index (χ1v) is 8.52. The molecule has 1 fully saturated rings. The molecule has 0 saturated carbocycles. The Bertz CT molecular complexity index is 593. The Morgan fingerprint density at radius 2 is 1.90 bits per heavy atom. The van der Waals surface area contributed by atoms with Crippen molar-refractivity contribution in [3.8, 4) is 0 Å². The second kappa shape index (κ2) is 6.21. The van der Waals surface area contributed by atoms with Gasteiger partial charge in [-0.3, -0.25) is 0 Å². The minimum Gasteiger partial charge on any atom is -0.397 e. The number of nitrogens with two attached hydrogens (primary N) is 1. The van der Waals surface area contributed by atoms with E-state index in [1.807, 2.05) is 0 Å². The Labute approximate surface area is 127 Å². The van der Waals surface area contributed by atoms with Crippen LogP contribution < -0.4 is 11.1 Å². The SMILES string of the molecule is CN1CCC(Nc2cc(S(=O)(=O)N(C)C)ccc2N)CC1. The summed E-state index contributed by atoms with van der Waals surface area (Å²) in [5, 5.41) is 3.39. The van der Waals surface area contributed by atoms with Crippen LogP contribution in [0, 0.1) is 0 Å². The number of sulfonamides is 1. The van der Waals surface area contributed by atoms with E-state index in [2.05, 4.69) is 17.3 Å². The number of rotatable bonds is 4. The third kappa shape index (κ3) is 3.66. The van der Waals surface area contributed by atoms with Crippen LogP contribution in [0.4, 0.5) is 11.4 Å². The van der Waals surface area contributed by atoms with Gasteiger partial charge in [-0.25, -0.2) is 12.7 Å². The maximum Gasteiger partial charge on any atom is 0.242 e. The average Bonchev–Trinajstić information content (AvgIpc) is 2.43. The van der Waals surface area contributed by atoms with Gasteiger partial charge in [-0.2, -0.15) is 0 Å². The molecule has 1 heterocycles. The fourth-order valence-electron chi connectivity index (χ4n) is 2.40. The highest BCUT2D eigenvalue weighted by molar-refractivity contribution is 7.89. The molecule has 6 nitrogen and oxygen atoms in total. The molecule has 0 unspecified atom stereocenters. The van der Waals surface area contributed by atoms with Crippen molar-refractivity contribution < 1.29 is 8.42 Å². The molecule has 1 aliphatic rings. The molecule has 0 radical (unpaired) electrons. The summed E-state index contributed by atoms with van der Waals surface area (Å²) in [6.45, 7) is 2.07. The van der Waals surface area contributed by atoms with Crippen molar-refractivity contribution in [3.05, 3.63) is 18.2 Å². The van der Waals surface area contributed by atoms with Crippen molar-refractivity contribution in [2.75, 3.05) is 45.3 Å². The third-order valence-corrected chi connectivity index (χ3v) is 5.69. The van der Waals surface area contributed by atoms with Crippen molar-refractivity contribution in [1.82, 2.24) is 9.21 Å². The van der Waals surface area contributed by atoms with Gasteiger partial charge in [0.1, 0.15) is 0 Å². The first-order chi connectivity index (χ1) is 9.80. The second-order valence-electron chi connectivity index (χ2n) is 5.76. The van der Waals surface area contributed by atoms with Crippen LogP contribution in [0.1, 0.15) is 12.8 Å². The molecular weight excluding hydrogens is 288 g/mol. The molecule has 7 heteroatoms. The largest absolute Gasteiger partial charge is 0.397 e. The van der Waals surface area contributed by atoms with E-state index in [0.717, 1.165) is 25.9 Å². The van der Waals surface area contributed by atoms with Crippen molar-refractivity contribution in [3.63, 3.8) is 0 Å². The second-order valence-corrected chi connectivity index (χ2v) is 7.91. The highest BCUT2D eigenvalue weighted by Crippen LogP contribution is 2.26. The molecule has 0 amide bonds. The fourth-order valence-corrected chi connectivity index (χ4v) is 3.33. The molecule has 0 aliphatic carbocycles. The van der Waals surface area contributed by atoms with E-state index in [1.165, 1.54) is 18.4 Å². The highest BCUT2D eigenvalue weighted by atomic mass is 32.2. The molecular formula is C14H24N4O2S. The summed E-state index contributed by atoms with van der Waals surface area (Å²) in [6, 6.07) is 5.15. The quantitative estimate of drug-likeness (QED) is 0.812. The summed E-state index contributed by atoms with van der Waals surface area (Å²) in [5.74, 6) is 0. The number of hydrogen-bond donors (Lipinski definition) is 2. The lowest BCUT2D eigenvalue weighted by molar-refractivity contribution is 0.264. The monoisotopic (exact) mass is 312 g/mol. The molecule has 2 rings (SSSR count). The van der Waals surface area contributed by atoms with Gasteiger partial charge in [0.15, 0.2) is 0 Å². The van der Waals surface area contributed by atoms with Crippen LogP contribution in [0.3, 0.4) is 0 Å². The van der Waals surface area contributed by atoms with E-state index in [4.69, 9.17) is 5.73 Å². The van der Waals surface area contributed by atoms with Crippen LogP contribution in [-0.2, 0) is 10.0 Å². The maximum absolute atomic E-state index is 12.2. The number of nitrogen functional groups attached to an aromatic ring is 1. The summed E-state index contributed by atoms with van der Waals surface area (Å²) >= 11 is 0. The summed E-state index contributed by atoms with van der Waals surface area (Å²) in [6.07, 6.45) is 2.06. The van der Waals surface area contributed by atoms with Gasteiger partial charge in [0.05, 0.1) is 16.3 Å². The van der Waals surface area contributed by atoms with Crippen LogP contribution in [0.2, 0.25) is 0 Å². The predicted octanol–water partition coefficient (Wildman–Crippen LogP) is 1.03. The van der Waals surface area contributed by atoms with Crippen LogP contribution in [0.5, 0.6) is 0 Å². The van der Waals surface area contributed by atoms with Gasteiger partial charge in [-0.15, -0.1) is 0 Å². The normalized spacial score (nSPS) is 18.1. The van der Waals surface area contributed by atoms with E-state index in [0.29, 0.717) is 17.4 Å². The highest BCUT2D eigenvalue weighted by Gasteiger charge is 2.21. The van der Waals surface area contributed by atoms with Gasteiger partial charge in [0.25, 0.3) is 0 Å². The van der Waals surface area contributed by atoms with Gasteiger partial charge < -0.3 is 16.0 Å². The minimum absolute atomic E-state index is 0.261. The van der Waals surface area contributed by atoms with E-state index in [9.17, 15) is 8.42 Å². The predicted molar refractivity (Wildman–Crippen MR) is 85.9 cm³/mol. The van der Waals surface area contributed by atoms with Crippen LogP contribution in [0.15, 0.2) is 23.1 Å². The number of benzene rings is 1. The zero-order chi connectivity index (χ0) is 15.6. The molecule has 1 aromatic carbocycles. The Morgan fingerprint density at radius 3 is 2.48 bits per heavy atom.